The molecular formula is C25H20F2N2O5. The van der Waals surface area contributed by atoms with Crippen LogP contribution in [0.25, 0.3) is 11.1 Å². The fourth-order valence-electron chi connectivity index (χ4n) is 3.68. The molecule has 0 aliphatic carbocycles. The third kappa shape index (κ3) is 4.73. The minimum atomic E-state index is -3.02. The first kappa shape index (κ1) is 22.9. The second-order valence-corrected chi connectivity index (χ2v) is 7.42. The topological polar surface area (TPSA) is 84.9 Å². The van der Waals surface area contributed by atoms with Crippen molar-refractivity contribution in [1.29, 1.82) is 0 Å². The summed E-state index contributed by atoms with van der Waals surface area (Å²) in [6.07, 6.45) is -0.126. The highest BCUT2D eigenvalue weighted by Gasteiger charge is 2.34. The van der Waals surface area contributed by atoms with Gasteiger partial charge in [0.25, 0.3) is 11.8 Å². The van der Waals surface area contributed by atoms with E-state index in [0.717, 1.165) is 4.90 Å². The summed E-state index contributed by atoms with van der Waals surface area (Å²) in [6.45, 7) is -3.10. The van der Waals surface area contributed by atoms with Gasteiger partial charge in [-0.3, -0.25) is 19.3 Å². The molecule has 34 heavy (non-hydrogen) atoms. The largest absolute Gasteiger partial charge is 0.497 e. The van der Waals surface area contributed by atoms with Crippen LogP contribution in [0.5, 0.6) is 11.5 Å². The number of nitrogens with zero attached hydrogens (tertiary/aromatic N) is 1. The Morgan fingerprint density at radius 3 is 2.18 bits per heavy atom. The highest BCUT2D eigenvalue weighted by molar-refractivity contribution is 6.21. The summed E-state index contributed by atoms with van der Waals surface area (Å²) < 4.78 is 35.5. The molecule has 0 spiro atoms. The molecule has 0 saturated carbocycles. The Bertz CT molecular complexity index is 1210. The van der Waals surface area contributed by atoms with E-state index < -0.39 is 24.3 Å². The van der Waals surface area contributed by atoms with Gasteiger partial charge in [-0.15, -0.1) is 0 Å². The summed E-state index contributed by atoms with van der Waals surface area (Å²) in [6, 6.07) is 17.5. The molecule has 0 bridgehead atoms. The van der Waals surface area contributed by atoms with Gasteiger partial charge in [0, 0.05) is 24.2 Å². The van der Waals surface area contributed by atoms with Crippen LogP contribution in [0.15, 0.2) is 66.7 Å². The van der Waals surface area contributed by atoms with Crippen molar-refractivity contribution in [2.24, 2.45) is 0 Å². The van der Waals surface area contributed by atoms with E-state index in [1.54, 1.807) is 48.5 Å². The minimum Gasteiger partial charge on any atom is -0.497 e. The number of rotatable bonds is 8. The number of benzene rings is 3. The first-order valence-corrected chi connectivity index (χ1v) is 10.4. The molecule has 1 aliphatic rings. The second kappa shape index (κ2) is 9.70. The van der Waals surface area contributed by atoms with E-state index in [9.17, 15) is 23.2 Å². The normalized spacial score (nSPS) is 12.6. The maximum absolute atomic E-state index is 12.9. The maximum atomic E-state index is 12.9. The number of ether oxygens (including phenoxy) is 2. The molecule has 0 saturated heterocycles. The third-order valence-electron chi connectivity index (χ3n) is 5.32. The van der Waals surface area contributed by atoms with Crippen LogP contribution in [0.1, 0.15) is 27.1 Å². The summed E-state index contributed by atoms with van der Waals surface area (Å²) in [5, 5.41) is 2.67. The van der Waals surface area contributed by atoms with Crippen molar-refractivity contribution >= 4 is 23.4 Å². The average Bonchev–Trinajstić information content (AvgIpc) is 3.08. The van der Waals surface area contributed by atoms with Crippen molar-refractivity contribution in [2.75, 3.05) is 19.0 Å². The summed E-state index contributed by atoms with van der Waals surface area (Å²) >= 11 is 0. The lowest BCUT2D eigenvalue weighted by atomic mass is 10.0. The number of carbonyl (C=O) groups excluding carboxylic acids is 3. The molecule has 1 heterocycles. The van der Waals surface area contributed by atoms with E-state index in [1.807, 2.05) is 0 Å². The van der Waals surface area contributed by atoms with E-state index in [4.69, 9.17) is 4.74 Å². The summed E-state index contributed by atoms with van der Waals surface area (Å²) in [4.78, 5) is 38.4. The molecule has 1 aliphatic heterocycles. The molecule has 174 valence electrons. The zero-order valence-electron chi connectivity index (χ0n) is 18.1. The van der Waals surface area contributed by atoms with Crippen LogP contribution in [0.2, 0.25) is 0 Å². The van der Waals surface area contributed by atoms with Gasteiger partial charge >= 0.3 is 6.61 Å². The summed E-state index contributed by atoms with van der Waals surface area (Å²) in [7, 11) is 1.51. The van der Waals surface area contributed by atoms with Crippen LogP contribution in [0, 0.1) is 0 Å². The predicted octanol–water partition coefficient (Wildman–Crippen LogP) is 4.59. The highest BCUT2D eigenvalue weighted by atomic mass is 19.3. The van der Waals surface area contributed by atoms with E-state index in [2.05, 4.69) is 10.1 Å². The standard InChI is InChI=1S/C25H20F2N2O5/c1-33-17-9-6-15(7-10-17)20-14-16(8-11-21(20)34-25(26)27)28-22(30)12-13-29-23(31)18-4-2-3-5-19(18)24(29)32/h2-11,14,25H,12-13H2,1H3,(H,28,30). The minimum absolute atomic E-state index is 0.0517. The number of fused-ring (bicyclic) bond motifs is 1. The number of alkyl halides is 2. The van der Waals surface area contributed by atoms with Gasteiger partial charge in [-0.25, -0.2) is 0 Å². The van der Waals surface area contributed by atoms with Crippen LogP contribution in [-0.4, -0.2) is 42.9 Å². The Morgan fingerprint density at radius 1 is 0.941 bits per heavy atom. The van der Waals surface area contributed by atoms with Crippen molar-refractivity contribution in [3.63, 3.8) is 0 Å². The Kier molecular flexibility index (Phi) is 6.53. The van der Waals surface area contributed by atoms with Crippen LogP contribution in [0.4, 0.5) is 14.5 Å². The van der Waals surface area contributed by atoms with Crippen LogP contribution in [0.3, 0.4) is 0 Å². The van der Waals surface area contributed by atoms with Crippen LogP contribution in [-0.2, 0) is 4.79 Å². The molecule has 3 aromatic carbocycles. The van der Waals surface area contributed by atoms with E-state index in [1.165, 1.54) is 25.3 Å². The number of hydrogen-bond acceptors (Lipinski definition) is 5. The smallest absolute Gasteiger partial charge is 0.387 e. The van der Waals surface area contributed by atoms with Crippen LogP contribution >= 0.6 is 0 Å². The first-order chi connectivity index (χ1) is 16.4. The van der Waals surface area contributed by atoms with Crippen molar-refractivity contribution in [2.45, 2.75) is 13.0 Å². The summed E-state index contributed by atoms with van der Waals surface area (Å²) in [5.74, 6) is -0.783. The molecule has 3 amide bonds. The van der Waals surface area contributed by atoms with Crippen LogP contribution < -0.4 is 14.8 Å². The Hall–Kier alpha value is -4.27. The molecule has 0 aromatic heterocycles. The molecule has 3 aromatic rings. The maximum Gasteiger partial charge on any atom is 0.387 e. The number of imide groups is 1. The molecule has 0 atom stereocenters. The predicted molar refractivity (Wildman–Crippen MR) is 120 cm³/mol. The quantitative estimate of drug-likeness (QED) is 0.491. The molecule has 0 radical (unpaired) electrons. The number of methoxy groups -OCH3 is 1. The van der Waals surface area contributed by atoms with Crippen molar-refractivity contribution < 1.29 is 32.6 Å². The fourth-order valence-corrected chi connectivity index (χ4v) is 3.68. The summed E-state index contributed by atoms with van der Waals surface area (Å²) in [5.41, 5.74) is 1.90. The lowest BCUT2D eigenvalue weighted by Gasteiger charge is -2.15. The molecule has 1 N–H and O–H groups in total. The average molecular weight is 466 g/mol. The number of halogens is 2. The van der Waals surface area contributed by atoms with Crippen molar-refractivity contribution in [3.8, 4) is 22.6 Å². The molecule has 4 rings (SSSR count). The molecule has 0 unspecified atom stereocenters. The van der Waals surface area contributed by atoms with Gasteiger partial charge in [0.15, 0.2) is 0 Å². The SMILES string of the molecule is COc1ccc(-c2cc(NC(=O)CCN3C(=O)c4ccccc4C3=O)ccc2OC(F)F)cc1. The van der Waals surface area contributed by atoms with Gasteiger partial charge in [-0.2, -0.15) is 8.78 Å². The van der Waals surface area contributed by atoms with E-state index in [0.29, 0.717) is 33.7 Å². The Morgan fingerprint density at radius 2 is 1.59 bits per heavy atom. The third-order valence-corrected chi connectivity index (χ3v) is 5.32. The van der Waals surface area contributed by atoms with Gasteiger partial charge in [-0.05, 0) is 48.0 Å². The number of hydrogen-bond donors (Lipinski definition) is 1. The Balaban J connectivity index is 1.47. The van der Waals surface area contributed by atoms with Gasteiger partial charge in [0.1, 0.15) is 11.5 Å². The lowest BCUT2D eigenvalue weighted by Crippen LogP contribution is -2.32. The van der Waals surface area contributed by atoms with E-state index in [-0.39, 0.29) is 18.7 Å². The first-order valence-electron chi connectivity index (χ1n) is 10.4. The molecule has 7 nitrogen and oxygen atoms in total. The van der Waals surface area contributed by atoms with Gasteiger partial charge < -0.3 is 14.8 Å². The van der Waals surface area contributed by atoms with Gasteiger partial charge in [0.2, 0.25) is 5.91 Å². The second-order valence-electron chi connectivity index (χ2n) is 7.42. The zero-order valence-corrected chi connectivity index (χ0v) is 18.1. The monoisotopic (exact) mass is 466 g/mol. The lowest BCUT2D eigenvalue weighted by molar-refractivity contribution is -0.116. The number of anilines is 1. The number of nitrogens with one attached hydrogen (secondary N) is 1. The van der Waals surface area contributed by atoms with Gasteiger partial charge in [-0.1, -0.05) is 24.3 Å². The highest BCUT2D eigenvalue weighted by Crippen LogP contribution is 2.34. The van der Waals surface area contributed by atoms with Crippen molar-refractivity contribution in [3.05, 3.63) is 77.9 Å². The Labute approximate surface area is 193 Å². The van der Waals surface area contributed by atoms with Crippen molar-refractivity contribution in [1.82, 2.24) is 4.90 Å². The molecule has 9 heteroatoms. The molecule has 0 fully saturated rings. The number of carbonyl (C=O) groups is 3. The molecular weight excluding hydrogens is 446 g/mol. The van der Waals surface area contributed by atoms with E-state index >= 15 is 0 Å². The van der Waals surface area contributed by atoms with Gasteiger partial charge in [0.05, 0.1) is 18.2 Å². The fraction of sp³-hybridized carbons (Fsp3) is 0.160. The number of amides is 3. The zero-order chi connectivity index (χ0) is 24.2.